The molecule has 1 unspecified atom stereocenters. The van der Waals surface area contributed by atoms with Crippen LogP contribution in [-0.4, -0.2) is 32.4 Å². The summed E-state index contributed by atoms with van der Waals surface area (Å²) in [6.45, 7) is 2.68. The highest BCUT2D eigenvalue weighted by Gasteiger charge is 2.40. The minimum Gasteiger partial charge on any atom is -0.320 e. The maximum absolute atomic E-state index is 14.1. The number of carbonyl (C=O) groups is 1. The Kier molecular flexibility index (Phi) is 6.29. The van der Waals surface area contributed by atoms with Crippen LogP contribution in [0, 0.1) is 5.92 Å². The van der Waals surface area contributed by atoms with Crippen molar-refractivity contribution in [1.82, 2.24) is 20.1 Å². The first-order valence-corrected chi connectivity index (χ1v) is 13.3. The van der Waals surface area contributed by atoms with Crippen LogP contribution >= 0.6 is 0 Å². The second-order valence-electron chi connectivity index (χ2n) is 11.4. The number of halogens is 3. The van der Waals surface area contributed by atoms with Gasteiger partial charge in [-0.25, -0.2) is 13.2 Å². The predicted molar refractivity (Wildman–Crippen MR) is 138 cm³/mol. The van der Waals surface area contributed by atoms with Gasteiger partial charge in [-0.3, -0.25) is 4.79 Å². The van der Waals surface area contributed by atoms with Crippen molar-refractivity contribution in [1.29, 1.82) is 0 Å². The highest BCUT2D eigenvalue weighted by atomic mass is 19.3. The van der Waals surface area contributed by atoms with Crippen LogP contribution in [0.1, 0.15) is 89.8 Å². The number of carbonyl (C=O) groups excluding carboxylic acids is 1. The van der Waals surface area contributed by atoms with Gasteiger partial charge in [0.05, 0.1) is 6.54 Å². The lowest BCUT2D eigenvalue weighted by molar-refractivity contribution is 0.0996. The average Bonchev–Trinajstić information content (AvgIpc) is 3.43. The molecule has 0 bridgehead atoms. The molecule has 200 valence electrons. The van der Waals surface area contributed by atoms with E-state index in [1.54, 1.807) is 23.4 Å². The quantitative estimate of drug-likeness (QED) is 0.404. The summed E-state index contributed by atoms with van der Waals surface area (Å²) < 4.78 is 44.0. The maximum Gasteiger partial charge on any atom is 0.264 e. The number of rotatable bonds is 8. The summed E-state index contributed by atoms with van der Waals surface area (Å²) in [6.07, 6.45) is 2.31. The Hall–Kier alpha value is -3.20. The summed E-state index contributed by atoms with van der Waals surface area (Å²) in [7, 11) is 1.86. The number of aryl methyl sites for hydroxylation is 1. The van der Waals surface area contributed by atoms with E-state index in [1.165, 1.54) is 0 Å². The molecule has 2 saturated carbocycles. The van der Waals surface area contributed by atoms with Gasteiger partial charge >= 0.3 is 0 Å². The zero-order chi connectivity index (χ0) is 26.6. The molecule has 0 saturated heterocycles. The molecule has 1 N–H and O–H groups in total. The van der Waals surface area contributed by atoms with Crippen LogP contribution in [0.4, 0.5) is 18.9 Å². The van der Waals surface area contributed by atoms with Crippen molar-refractivity contribution in [2.45, 2.75) is 76.2 Å². The zero-order valence-electron chi connectivity index (χ0n) is 21.6. The van der Waals surface area contributed by atoms with Gasteiger partial charge in [0.25, 0.3) is 12.3 Å². The van der Waals surface area contributed by atoms with E-state index in [2.05, 4.69) is 22.4 Å². The predicted octanol–water partition coefficient (Wildman–Crippen LogP) is 5.83. The molecule has 38 heavy (non-hydrogen) atoms. The van der Waals surface area contributed by atoms with Gasteiger partial charge in [-0.05, 0) is 85.9 Å². The van der Waals surface area contributed by atoms with Gasteiger partial charge in [-0.2, -0.15) is 0 Å². The molecule has 9 heteroatoms. The molecule has 2 heterocycles. The molecule has 6 nitrogen and oxygen atoms in total. The first kappa shape index (κ1) is 25.1. The molecule has 1 atom stereocenters. The normalized spacial score (nSPS) is 22.8. The second kappa shape index (κ2) is 9.52. The largest absolute Gasteiger partial charge is 0.320 e. The molecule has 0 spiro atoms. The second-order valence-corrected chi connectivity index (χ2v) is 11.4. The van der Waals surface area contributed by atoms with E-state index < -0.39 is 12.6 Å². The van der Waals surface area contributed by atoms with Crippen molar-refractivity contribution in [2.24, 2.45) is 13.0 Å². The highest BCUT2D eigenvalue weighted by Crippen LogP contribution is 2.45. The number of benzene rings is 2. The van der Waals surface area contributed by atoms with Crippen LogP contribution in [0.25, 0.3) is 0 Å². The summed E-state index contributed by atoms with van der Waals surface area (Å²) in [5, 5.41) is 11.8. The lowest BCUT2D eigenvalue weighted by atomic mass is 9.71. The molecule has 2 fully saturated rings. The molecule has 1 aliphatic heterocycles. The summed E-state index contributed by atoms with van der Waals surface area (Å²) in [6, 6.07) is 10.9. The number of amides is 1. The van der Waals surface area contributed by atoms with Crippen molar-refractivity contribution in [3.05, 3.63) is 76.4 Å². The summed E-state index contributed by atoms with van der Waals surface area (Å²) in [5.41, 5.74) is 2.92. The number of hydrogen-bond donors (Lipinski definition) is 1. The number of aromatic nitrogens is 3. The van der Waals surface area contributed by atoms with E-state index in [9.17, 15) is 18.0 Å². The molecular formula is C29H32F3N5O. The third kappa shape index (κ3) is 4.40. The molecule has 6 rings (SSSR count). The van der Waals surface area contributed by atoms with Crippen LogP contribution < -0.4 is 10.2 Å². The zero-order valence-corrected chi connectivity index (χ0v) is 21.6. The number of fused-ring (bicyclic) bond motifs is 1. The minimum atomic E-state index is -2.67. The molecule has 2 aromatic carbocycles. The highest BCUT2D eigenvalue weighted by molar-refractivity contribution is 6.10. The number of hydrogen-bond acceptors (Lipinski definition) is 4. The van der Waals surface area contributed by atoms with E-state index in [0.717, 1.165) is 30.7 Å². The fraction of sp³-hybridized carbons (Fsp3) is 0.483. The lowest BCUT2D eigenvalue weighted by Gasteiger charge is -2.39. The van der Waals surface area contributed by atoms with Gasteiger partial charge in [0.1, 0.15) is 18.3 Å². The Labute approximate surface area is 220 Å². The first-order valence-electron chi connectivity index (χ1n) is 13.3. The third-order valence-corrected chi connectivity index (χ3v) is 8.70. The maximum atomic E-state index is 14.1. The van der Waals surface area contributed by atoms with E-state index in [1.807, 2.05) is 35.9 Å². The van der Waals surface area contributed by atoms with Gasteiger partial charge in [0.2, 0.25) is 0 Å². The van der Waals surface area contributed by atoms with Crippen molar-refractivity contribution < 1.29 is 18.0 Å². The van der Waals surface area contributed by atoms with Crippen LogP contribution in [0.15, 0.2) is 42.7 Å². The Bertz CT molecular complexity index is 1360. The minimum absolute atomic E-state index is 0.0301. The molecule has 3 aliphatic rings. The van der Waals surface area contributed by atoms with Crippen molar-refractivity contribution in [3.8, 4) is 0 Å². The fourth-order valence-electron chi connectivity index (χ4n) is 6.16. The van der Waals surface area contributed by atoms with Crippen molar-refractivity contribution in [2.75, 3.05) is 4.90 Å². The Morgan fingerprint density at radius 3 is 2.61 bits per heavy atom. The summed E-state index contributed by atoms with van der Waals surface area (Å²) in [5.74, 6) is 0.371. The van der Waals surface area contributed by atoms with Crippen LogP contribution in [-0.2, 0) is 20.1 Å². The van der Waals surface area contributed by atoms with Crippen LogP contribution in [0.3, 0.4) is 0 Å². The van der Waals surface area contributed by atoms with Crippen molar-refractivity contribution >= 4 is 11.6 Å². The standard InChI is InChI=1S/C29H32F3N5O/c1-29(7-4-8-29)33-14-17-9-22(26(31)32)24-15-37(28(38)23(24)10-17)21-6-3-5-18(13-21)25(19-11-20(30)12-19)27-35-34-16-36(27)2/h3,5-6,9-10,13,16,19-20,25-26,33H,4,7-8,11-12,14-15H2,1-2H3/t19-,20-,25?. The Balaban J connectivity index is 1.31. The molecule has 1 amide bonds. The van der Waals surface area contributed by atoms with Gasteiger partial charge in [-0.1, -0.05) is 12.1 Å². The smallest absolute Gasteiger partial charge is 0.264 e. The first-order chi connectivity index (χ1) is 18.2. The molecule has 3 aromatic rings. The number of alkyl halides is 3. The summed E-state index contributed by atoms with van der Waals surface area (Å²) in [4.78, 5) is 15.2. The fourth-order valence-corrected chi connectivity index (χ4v) is 6.16. The van der Waals surface area contributed by atoms with E-state index in [-0.39, 0.29) is 35.4 Å². The average molecular weight is 524 g/mol. The van der Waals surface area contributed by atoms with Gasteiger partial charge in [0.15, 0.2) is 0 Å². The van der Waals surface area contributed by atoms with Gasteiger partial charge < -0.3 is 14.8 Å². The molecule has 2 aliphatic carbocycles. The Morgan fingerprint density at radius 2 is 1.97 bits per heavy atom. The third-order valence-electron chi connectivity index (χ3n) is 8.70. The lowest BCUT2D eigenvalue weighted by Crippen LogP contribution is -2.47. The summed E-state index contributed by atoms with van der Waals surface area (Å²) >= 11 is 0. The van der Waals surface area contributed by atoms with Crippen LogP contribution in [0.2, 0.25) is 0 Å². The number of nitrogens with zero attached hydrogens (tertiary/aromatic N) is 4. The molecule has 0 radical (unpaired) electrons. The van der Waals surface area contributed by atoms with Gasteiger partial charge in [0, 0.05) is 41.9 Å². The Morgan fingerprint density at radius 1 is 1.18 bits per heavy atom. The number of nitrogens with one attached hydrogen (secondary N) is 1. The molecular weight excluding hydrogens is 491 g/mol. The van der Waals surface area contributed by atoms with Crippen molar-refractivity contribution in [3.63, 3.8) is 0 Å². The molecule has 1 aromatic heterocycles. The van der Waals surface area contributed by atoms with E-state index in [0.29, 0.717) is 41.8 Å². The van der Waals surface area contributed by atoms with E-state index >= 15 is 0 Å². The van der Waals surface area contributed by atoms with Gasteiger partial charge in [-0.15, -0.1) is 10.2 Å². The van der Waals surface area contributed by atoms with E-state index in [4.69, 9.17) is 0 Å². The SMILES string of the molecule is Cn1cnnc1C(c1cccc(N2Cc3c(cc(CNC4(C)CCC4)cc3C(F)F)C2=O)c1)[C@H]1C[C@H](F)C1. The number of anilines is 1. The topological polar surface area (TPSA) is 63.1 Å². The van der Waals surface area contributed by atoms with Crippen LogP contribution in [0.5, 0.6) is 0 Å². The monoisotopic (exact) mass is 523 g/mol.